The van der Waals surface area contributed by atoms with E-state index in [9.17, 15) is 4.79 Å². The Morgan fingerprint density at radius 3 is 3.00 bits per heavy atom. The van der Waals surface area contributed by atoms with Gasteiger partial charge in [-0.1, -0.05) is 12.1 Å². The molecule has 0 saturated heterocycles. The fourth-order valence-electron chi connectivity index (χ4n) is 1.65. The highest BCUT2D eigenvalue weighted by atomic mass is 16.6. The molecule has 0 radical (unpaired) electrons. The molecule has 17 heavy (non-hydrogen) atoms. The third kappa shape index (κ3) is 1.67. The number of aromatic nitrogens is 3. The van der Waals surface area contributed by atoms with E-state index < -0.39 is 6.09 Å². The SMILES string of the molecule is O=C(Oc1c[nH]c2ccccc12)n1cccn1. The molecule has 0 aliphatic heterocycles. The number of H-pyrrole nitrogens is 1. The minimum absolute atomic E-state index is 0.501. The van der Waals surface area contributed by atoms with Crippen LogP contribution in [0.25, 0.3) is 10.9 Å². The number of benzene rings is 1. The molecule has 1 aromatic carbocycles. The van der Waals surface area contributed by atoms with Crippen LogP contribution in [0.2, 0.25) is 0 Å². The van der Waals surface area contributed by atoms with E-state index >= 15 is 0 Å². The Morgan fingerprint density at radius 2 is 2.18 bits per heavy atom. The lowest BCUT2D eigenvalue weighted by Crippen LogP contribution is -2.16. The molecule has 2 aromatic heterocycles. The highest BCUT2D eigenvalue weighted by Crippen LogP contribution is 2.24. The first-order chi connectivity index (χ1) is 8.34. The number of aromatic amines is 1. The average Bonchev–Trinajstić information content (AvgIpc) is 2.98. The van der Waals surface area contributed by atoms with Crippen LogP contribution in [0.15, 0.2) is 48.9 Å². The van der Waals surface area contributed by atoms with Crippen molar-refractivity contribution < 1.29 is 9.53 Å². The molecule has 0 amide bonds. The van der Waals surface area contributed by atoms with Crippen molar-refractivity contribution in [2.75, 3.05) is 0 Å². The number of hydrogen-bond donors (Lipinski definition) is 1. The number of hydrogen-bond acceptors (Lipinski definition) is 3. The molecule has 0 atom stereocenters. The van der Waals surface area contributed by atoms with Crippen molar-refractivity contribution in [2.45, 2.75) is 0 Å². The van der Waals surface area contributed by atoms with Gasteiger partial charge in [-0.15, -0.1) is 0 Å². The van der Waals surface area contributed by atoms with E-state index in [1.807, 2.05) is 24.3 Å². The quantitative estimate of drug-likeness (QED) is 0.694. The zero-order valence-electron chi connectivity index (χ0n) is 8.83. The average molecular weight is 227 g/mol. The molecule has 0 unspecified atom stereocenters. The first-order valence-electron chi connectivity index (χ1n) is 5.12. The molecule has 3 rings (SSSR count). The predicted octanol–water partition coefficient (Wildman–Crippen LogP) is 2.41. The normalized spacial score (nSPS) is 10.6. The number of carbonyl (C=O) groups excluding carboxylic acids is 1. The fraction of sp³-hybridized carbons (Fsp3) is 0. The molecule has 0 spiro atoms. The first kappa shape index (κ1) is 9.65. The lowest BCUT2D eigenvalue weighted by Gasteiger charge is -2.01. The molecule has 2 heterocycles. The molecule has 0 aliphatic carbocycles. The molecular weight excluding hydrogens is 218 g/mol. The summed E-state index contributed by atoms with van der Waals surface area (Å²) in [6.07, 6.45) is 4.19. The van der Waals surface area contributed by atoms with Crippen molar-refractivity contribution in [1.82, 2.24) is 14.8 Å². The smallest absolute Gasteiger partial charge is 0.406 e. The van der Waals surface area contributed by atoms with E-state index in [1.54, 1.807) is 12.3 Å². The maximum absolute atomic E-state index is 11.7. The van der Waals surface area contributed by atoms with E-state index in [0.29, 0.717) is 5.75 Å². The summed E-state index contributed by atoms with van der Waals surface area (Å²) in [4.78, 5) is 14.7. The third-order valence-corrected chi connectivity index (χ3v) is 2.44. The van der Waals surface area contributed by atoms with Crippen LogP contribution in [0.1, 0.15) is 0 Å². The van der Waals surface area contributed by atoms with E-state index in [0.717, 1.165) is 15.6 Å². The number of ether oxygens (including phenoxy) is 1. The summed E-state index contributed by atoms with van der Waals surface area (Å²) in [6, 6.07) is 9.27. The standard InChI is InChI=1S/C12H9N3O2/c16-12(15-7-3-6-14-15)17-11-8-13-10-5-2-1-4-9(10)11/h1-8,13H. The zero-order valence-corrected chi connectivity index (χ0v) is 8.83. The highest BCUT2D eigenvalue weighted by molar-refractivity contribution is 5.88. The number of para-hydroxylation sites is 1. The Kier molecular flexibility index (Phi) is 2.15. The zero-order chi connectivity index (χ0) is 11.7. The van der Waals surface area contributed by atoms with E-state index in [2.05, 4.69) is 10.1 Å². The lowest BCUT2D eigenvalue weighted by atomic mass is 10.2. The second-order valence-electron chi connectivity index (χ2n) is 3.52. The van der Waals surface area contributed by atoms with Gasteiger partial charge in [0.1, 0.15) is 0 Å². The van der Waals surface area contributed by atoms with Crippen LogP contribution in [0.5, 0.6) is 5.75 Å². The largest absolute Gasteiger partial charge is 0.440 e. The maximum atomic E-state index is 11.7. The molecule has 84 valence electrons. The molecule has 0 saturated carbocycles. The van der Waals surface area contributed by atoms with Gasteiger partial charge < -0.3 is 9.72 Å². The van der Waals surface area contributed by atoms with Gasteiger partial charge in [-0.05, 0) is 18.2 Å². The second-order valence-corrected chi connectivity index (χ2v) is 3.52. The van der Waals surface area contributed by atoms with Gasteiger partial charge in [-0.25, -0.2) is 4.79 Å². The summed E-state index contributed by atoms with van der Waals surface area (Å²) in [5.41, 5.74) is 0.927. The Bertz CT molecular complexity index is 655. The second kappa shape index (κ2) is 3.79. The summed E-state index contributed by atoms with van der Waals surface area (Å²) in [5, 5.41) is 4.68. The van der Waals surface area contributed by atoms with Crippen LogP contribution in [0.3, 0.4) is 0 Å². The van der Waals surface area contributed by atoms with E-state index in [1.165, 1.54) is 12.4 Å². The number of carbonyl (C=O) groups is 1. The van der Waals surface area contributed by atoms with Gasteiger partial charge in [-0.2, -0.15) is 9.78 Å². The minimum atomic E-state index is -0.528. The molecule has 5 nitrogen and oxygen atoms in total. The molecule has 5 heteroatoms. The summed E-state index contributed by atoms with van der Waals surface area (Å²) >= 11 is 0. The Morgan fingerprint density at radius 1 is 1.29 bits per heavy atom. The van der Waals surface area contributed by atoms with E-state index in [4.69, 9.17) is 4.74 Å². The summed E-state index contributed by atoms with van der Waals surface area (Å²) in [7, 11) is 0. The van der Waals surface area contributed by atoms with Crippen molar-refractivity contribution in [2.24, 2.45) is 0 Å². The lowest BCUT2D eigenvalue weighted by molar-refractivity contribution is 0.199. The van der Waals surface area contributed by atoms with Crippen molar-refractivity contribution in [3.05, 3.63) is 48.9 Å². The van der Waals surface area contributed by atoms with Crippen LogP contribution in [0.4, 0.5) is 4.79 Å². The molecule has 0 aliphatic rings. The molecule has 0 fully saturated rings. The van der Waals surface area contributed by atoms with Crippen LogP contribution in [-0.2, 0) is 0 Å². The van der Waals surface area contributed by atoms with Gasteiger partial charge >= 0.3 is 6.09 Å². The van der Waals surface area contributed by atoms with Gasteiger partial charge in [-0.3, -0.25) is 0 Å². The van der Waals surface area contributed by atoms with Crippen LogP contribution >= 0.6 is 0 Å². The van der Waals surface area contributed by atoms with Gasteiger partial charge in [0.05, 0.1) is 0 Å². The topological polar surface area (TPSA) is 59.9 Å². The summed E-state index contributed by atoms with van der Waals surface area (Å²) < 4.78 is 6.38. The molecule has 1 N–H and O–H groups in total. The van der Waals surface area contributed by atoms with Crippen molar-refractivity contribution >= 4 is 17.0 Å². The Hall–Kier alpha value is -2.56. The summed E-state index contributed by atoms with van der Waals surface area (Å²) in [6.45, 7) is 0. The van der Waals surface area contributed by atoms with Gasteiger partial charge in [0.15, 0.2) is 5.75 Å². The Balaban J connectivity index is 1.93. The van der Waals surface area contributed by atoms with Crippen LogP contribution in [0, 0.1) is 0 Å². The van der Waals surface area contributed by atoms with Crippen molar-refractivity contribution in [3.63, 3.8) is 0 Å². The monoisotopic (exact) mass is 227 g/mol. The van der Waals surface area contributed by atoms with E-state index in [-0.39, 0.29) is 0 Å². The fourth-order valence-corrected chi connectivity index (χ4v) is 1.65. The number of nitrogens with zero attached hydrogens (tertiary/aromatic N) is 2. The predicted molar refractivity (Wildman–Crippen MR) is 61.9 cm³/mol. The Labute approximate surface area is 96.6 Å². The van der Waals surface area contributed by atoms with Gasteiger partial charge in [0.25, 0.3) is 0 Å². The van der Waals surface area contributed by atoms with Gasteiger partial charge in [0.2, 0.25) is 0 Å². The number of nitrogens with one attached hydrogen (secondary N) is 1. The van der Waals surface area contributed by atoms with Crippen molar-refractivity contribution in [1.29, 1.82) is 0 Å². The van der Waals surface area contributed by atoms with Crippen LogP contribution in [-0.4, -0.2) is 20.9 Å². The van der Waals surface area contributed by atoms with Crippen LogP contribution < -0.4 is 4.74 Å². The van der Waals surface area contributed by atoms with Crippen molar-refractivity contribution in [3.8, 4) is 5.75 Å². The maximum Gasteiger partial charge on any atom is 0.440 e. The highest BCUT2D eigenvalue weighted by Gasteiger charge is 2.11. The molecule has 3 aromatic rings. The van der Waals surface area contributed by atoms with Gasteiger partial charge in [0, 0.05) is 29.5 Å². The molecule has 0 bridgehead atoms. The summed E-state index contributed by atoms with van der Waals surface area (Å²) in [5.74, 6) is 0.501. The minimum Gasteiger partial charge on any atom is -0.406 e. The third-order valence-electron chi connectivity index (χ3n) is 2.44. The number of fused-ring (bicyclic) bond motifs is 1. The number of rotatable bonds is 1. The molecular formula is C12H9N3O2. The first-order valence-corrected chi connectivity index (χ1v) is 5.12.